The van der Waals surface area contributed by atoms with Gasteiger partial charge in [-0.25, -0.2) is 4.79 Å². The normalized spacial score (nSPS) is 9.96. The van der Waals surface area contributed by atoms with E-state index in [-0.39, 0.29) is 32.5 Å². The van der Waals surface area contributed by atoms with Crippen molar-refractivity contribution in [2.24, 2.45) is 0 Å². The van der Waals surface area contributed by atoms with E-state index in [1.54, 1.807) is 0 Å². The number of hydrogen-bond donors (Lipinski definition) is 0. The number of nitrogens with zero attached hydrogens (tertiary/aromatic N) is 7. The van der Waals surface area contributed by atoms with Crippen molar-refractivity contribution in [3.8, 4) is 23.5 Å². The van der Waals surface area contributed by atoms with Gasteiger partial charge in [-0.3, -0.25) is 4.79 Å². The smallest absolute Gasteiger partial charge is 0.330 e. The number of carbonyl (C=O) groups is 2. The highest BCUT2D eigenvalue weighted by atomic mass is 16.5. The molecule has 10 heteroatoms. The van der Waals surface area contributed by atoms with Gasteiger partial charge in [0.15, 0.2) is 13.2 Å². The van der Waals surface area contributed by atoms with E-state index in [4.69, 9.17) is 15.3 Å². The van der Waals surface area contributed by atoms with Crippen LogP contribution in [0.2, 0.25) is 0 Å². The summed E-state index contributed by atoms with van der Waals surface area (Å²) in [5, 5.41) is 29.1. The van der Waals surface area contributed by atoms with E-state index in [9.17, 15) is 9.59 Å². The number of hydrogen-bond acceptors (Lipinski definition) is 8. The third-order valence-corrected chi connectivity index (χ3v) is 3.73. The molecule has 0 bridgehead atoms. The summed E-state index contributed by atoms with van der Waals surface area (Å²) in [7, 11) is 0. The van der Waals surface area contributed by atoms with Crippen LogP contribution in [0.15, 0.2) is 24.3 Å². The Kier molecular flexibility index (Phi) is 7.61. The zero-order valence-corrected chi connectivity index (χ0v) is 15.4. The number of carbonyl (C=O) groups excluding carboxylic acids is 2. The minimum Gasteiger partial charge on any atom is -0.454 e. The largest absolute Gasteiger partial charge is 0.454 e. The molecule has 144 valence electrons. The molecule has 0 N–H and O–H groups in total. The maximum Gasteiger partial charge on any atom is 0.330 e. The lowest BCUT2D eigenvalue weighted by atomic mass is 10.1. The Hall–Kier alpha value is -3.79. The Morgan fingerprint density at radius 2 is 1.79 bits per heavy atom. The van der Waals surface area contributed by atoms with Crippen LogP contribution in [-0.4, -0.2) is 56.7 Å². The summed E-state index contributed by atoms with van der Waals surface area (Å²) in [6.45, 7) is 1.56. The molecule has 1 aromatic carbocycles. The van der Waals surface area contributed by atoms with Gasteiger partial charge in [0.05, 0.1) is 25.0 Å². The van der Waals surface area contributed by atoms with Crippen LogP contribution in [0.5, 0.6) is 0 Å². The summed E-state index contributed by atoms with van der Waals surface area (Å²) in [6.07, 6.45) is 0.269. The molecule has 0 unspecified atom stereocenters. The van der Waals surface area contributed by atoms with Crippen LogP contribution >= 0.6 is 0 Å². The molecule has 2 rings (SSSR count). The zero-order chi connectivity index (χ0) is 20.4. The number of nitriles is 2. The summed E-state index contributed by atoms with van der Waals surface area (Å²) < 4.78 is 4.95. The van der Waals surface area contributed by atoms with Gasteiger partial charge in [0, 0.05) is 18.7 Å². The summed E-state index contributed by atoms with van der Waals surface area (Å²) >= 11 is 0. The molecule has 28 heavy (non-hydrogen) atoms. The maximum absolute atomic E-state index is 12.1. The summed E-state index contributed by atoms with van der Waals surface area (Å²) in [5.74, 6) is -0.782. The lowest BCUT2D eigenvalue weighted by Crippen LogP contribution is -2.36. The Morgan fingerprint density at radius 1 is 1.14 bits per heavy atom. The molecule has 0 atom stereocenters. The number of benzene rings is 1. The maximum atomic E-state index is 12.1. The number of ether oxygens (including phenoxy) is 1. The van der Waals surface area contributed by atoms with Crippen LogP contribution in [0.25, 0.3) is 11.4 Å². The van der Waals surface area contributed by atoms with Crippen molar-refractivity contribution in [1.82, 2.24) is 25.1 Å². The summed E-state index contributed by atoms with van der Waals surface area (Å²) in [4.78, 5) is 26.5. The van der Waals surface area contributed by atoms with E-state index >= 15 is 0 Å². The number of aromatic nitrogens is 4. The molecule has 1 heterocycles. The van der Waals surface area contributed by atoms with Crippen molar-refractivity contribution in [2.75, 3.05) is 19.7 Å². The quantitative estimate of drug-likeness (QED) is 0.583. The fraction of sp³-hybridized carbons (Fsp3) is 0.389. The van der Waals surface area contributed by atoms with Crippen LogP contribution in [0.3, 0.4) is 0 Å². The molecule has 0 aliphatic rings. The monoisotopic (exact) mass is 381 g/mol. The van der Waals surface area contributed by atoms with Gasteiger partial charge < -0.3 is 9.64 Å². The molecule has 0 saturated carbocycles. The fourth-order valence-electron chi connectivity index (χ4n) is 2.25. The first kappa shape index (κ1) is 20.5. The number of amides is 1. The minimum atomic E-state index is -0.693. The van der Waals surface area contributed by atoms with Crippen molar-refractivity contribution in [3.63, 3.8) is 0 Å². The first-order valence-electron chi connectivity index (χ1n) is 8.55. The highest BCUT2D eigenvalue weighted by Gasteiger charge is 2.16. The Bertz CT molecular complexity index is 875. The molecular formula is C18H19N7O3. The van der Waals surface area contributed by atoms with Crippen LogP contribution in [0, 0.1) is 29.6 Å². The average Bonchev–Trinajstić information content (AvgIpc) is 3.15. The van der Waals surface area contributed by atoms with E-state index in [0.29, 0.717) is 5.82 Å². The SMILES string of the molecule is Cc1ccc(-c2nnn(CC(=O)OCC(=O)N(CCC#N)CCC#N)n2)cc1. The summed E-state index contributed by atoms with van der Waals surface area (Å²) in [5.41, 5.74) is 1.87. The number of tetrazole rings is 1. The van der Waals surface area contributed by atoms with E-state index < -0.39 is 18.5 Å². The van der Waals surface area contributed by atoms with Gasteiger partial charge in [-0.15, -0.1) is 10.2 Å². The molecule has 1 amide bonds. The van der Waals surface area contributed by atoms with Crippen molar-refractivity contribution < 1.29 is 14.3 Å². The minimum absolute atomic E-state index is 0.135. The van der Waals surface area contributed by atoms with E-state index in [2.05, 4.69) is 15.4 Å². The predicted molar refractivity (Wildman–Crippen MR) is 96.0 cm³/mol. The molecule has 0 aliphatic carbocycles. The molecule has 0 spiro atoms. The molecular weight excluding hydrogens is 362 g/mol. The Labute approximate surface area is 161 Å². The van der Waals surface area contributed by atoms with Crippen molar-refractivity contribution in [1.29, 1.82) is 10.5 Å². The van der Waals surface area contributed by atoms with Gasteiger partial charge in [0.2, 0.25) is 5.82 Å². The lowest BCUT2D eigenvalue weighted by Gasteiger charge is -2.19. The highest BCUT2D eigenvalue weighted by molar-refractivity contribution is 5.80. The van der Waals surface area contributed by atoms with Crippen LogP contribution in [-0.2, 0) is 20.9 Å². The average molecular weight is 381 g/mol. The second-order valence-corrected chi connectivity index (χ2v) is 5.87. The second kappa shape index (κ2) is 10.4. The van der Waals surface area contributed by atoms with Gasteiger partial charge in [-0.05, 0) is 12.1 Å². The first-order chi connectivity index (χ1) is 13.5. The van der Waals surface area contributed by atoms with E-state index in [1.165, 1.54) is 4.90 Å². The standard InChI is InChI=1S/C18H19N7O3/c1-14-4-6-15(7-5-14)18-21-23-25(22-18)12-17(27)28-13-16(26)24(10-2-8-19)11-3-9-20/h4-7H,2-3,10-13H2,1H3. The van der Waals surface area contributed by atoms with Gasteiger partial charge in [-0.2, -0.15) is 15.3 Å². The summed E-state index contributed by atoms with van der Waals surface area (Å²) in [6, 6.07) is 11.4. The van der Waals surface area contributed by atoms with Crippen LogP contribution in [0.1, 0.15) is 18.4 Å². The number of aryl methyl sites for hydroxylation is 1. The van der Waals surface area contributed by atoms with E-state index in [0.717, 1.165) is 15.9 Å². The Balaban J connectivity index is 1.86. The third kappa shape index (κ3) is 6.18. The van der Waals surface area contributed by atoms with Gasteiger partial charge in [0.25, 0.3) is 5.91 Å². The second-order valence-electron chi connectivity index (χ2n) is 5.87. The molecule has 2 aromatic rings. The molecule has 0 fully saturated rings. The van der Waals surface area contributed by atoms with Gasteiger partial charge >= 0.3 is 5.97 Å². The van der Waals surface area contributed by atoms with Gasteiger partial charge in [0.1, 0.15) is 0 Å². The van der Waals surface area contributed by atoms with Crippen LogP contribution in [0.4, 0.5) is 0 Å². The fourth-order valence-corrected chi connectivity index (χ4v) is 2.25. The molecule has 1 aromatic heterocycles. The molecule has 0 aliphatic heterocycles. The molecule has 0 saturated heterocycles. The van der Waals surface area contributed by atoms with Crippen molar-refractivity contribution >= 4 is 11.9 Å². The lowest BCUT2D eigenvalue weighted by molar-refractivity contribution is -0.152. The molecule has 0 radical (unpaired) electrons. The molecule has 10 nitrogen and oxygen atoms in total. The zero-order valence-electron chi connectivity index (χ0n) is 15.4. The predicted octanol–water partition coefficient (Wildman–Crippen LogP) is 0.848. The van der Waals surface area contributed by atoms with Crippen molar-refractivity contribution in [3.05, 3.63) is 29.8 Å². The Morgan fingerprint density at radius 3 is 2.39 bits per heavy atom. The number of rotatable bonds is 9. The number of esters is 1. The van der Waals surface area contributed by atoms with Crippen LogP contribution < -0.4 is 0 Å². The van der Waals surface area contributed by atoms with E-state index in [1.807, 2.05) is 43.3 Å². The van der Waals surface area contributed by atoms with Gasteiger partial charge in [-0.1, -0.05) is 29.8 Å². The first-order valence-corrected chi connectivity index (χ1v) is 8.55. The topological polar surface area (TPSA) is 138 Å². The third-order valence-electron chi connectivity index (χ3n) is 3.73. The van der Waals surface area contributed by atoms with Crippen molar-refractivity contribution in [2.45, 2.75) is 26.3 Å². The highest BCUT2D eigenvalue weighted by Crippen LogP contribution is 2.13.